The van der Waals surface area contributed by atoms with Crippen molar-refractivity contribution in [2.45, 2.75) is 25.9 Å². The van der Waals surface area contributed by atoms with Crippen LogP contribution in [0.1, 0.15) is 12.8 Å². The van der Waals surface area contributed by atoms with Crippen molar-refractivity contribution in [3.8, 4) is 12.1 Å². The Hall–Kier alpha value is -0.963. The third-order valence-corrected chi connectivity index (χ3v) is 4.08. The Morgan fingerprint density at radius 2 is 1.26 bits per heavy atom. The zero-order valence-electron chi connectivity index (χ0n) is 11.9. The summed E-state index contributed by atoms with van der Waals surface area (Å²) in [6, 6.07) is 4.15. The van der Waals surface area contributed by atoms with Gasteiger partial charge in [-0.2, -0.15) is 10.5 Å². The molecule has 6 nitrogen and oxygen atoms in total. The lowest BCUT2D eigenvalue weighted by Crippen LogP contribution is -2.39. The van der Waals surface area contributed by atoms with Crippen LogP contribution < -0.4 is 10.6 Å². The van der Waals surface area contributed by atoms with Crippen molar-refractivity contribution >= 4 is 8.56 Å². The van der Waals surface area contributed by atoms with E-state index in [-0.39, 0.29) is 0 Å². The van der Waals surface area contributed by atoms with Crippen LogP contribution in [0.15, 0.2) is 0 Å². The second-order valence-electron chi connectivity index (χ2n) is 4.41. The summed E-state index contributed by atoms with van der Waals surface area (Å²) in [5, 5.41) is 23.0. The fourth-order valence-electron chi connectivity index (χ4n) is 1.32. The molecule has 0 fully saturated rings. The maximum Gasteiger partial charge on any atom is 0.331 e. The Morgan fingerprint density at radius 1 is 0.842 bits per heavy atom. The minimum atomic E-state index is -2.05. The molecule has 0 aliphatic carbocycles. The molecule has 0 aromatic rings. The van der Waals surface area contributed by atoms with E-state index in [2.05, 4.69) is 22.8 Å². The lowest BCUT2D eigenvalue weighted by Gasteiger charge is -2.23. The molecule has 0 atom stereocenters. The molecule has 0 aromatic heterocycles. The van der Waals surface area contributed by atoms with E-state index in [0.29, 0.717) is 39.1 Å². The average Bonchev–Trinajstić information content (AvgIpc) is 2.38. The van der Waals surface area contributed by atoms with Crippen LogP contribution >= 0.6 is 0 Å². The molecule has 0 saturated carbocycles. The standard InChI is InChI=1S/C12H24N4O2Si/c1-19(2,17-11-9-15-7-3-5-13)18-12-10-16-8-4-6-14/h15-16H,3-4,7-12H2,1-2H3. The summed E-state index contributed by atoms with van der Waals surface area (Å²) in [5.41, 5.74) is 0. The maximum absolute atomic E-state index is 8.37. The monoisotopic (exact) mass is 284 g/mol. The SMILES string of the molecule is C[Si](C)(OCCNCCC#N)OCCNCCC#N. The van der Waals surface area contributed by atoms with Crippen LogP contribution in [0.25, 0.3) is 0 Å². The van der Waals surface area contributed by atoms with Gasteiger partial charge in [-0.3, -0.25) is 0 Å². The molecule has 0 rings (SSSR count). The van der Waals surface area contributed by atoms with Crippen molar-refractivity contribution in [2.75, 3.05) is 39.4 Å². The molecule has 0 radical (unpaired) electrons. The zero-order valence-corrected chi connectivity index (χ0v) is 12.9. The molecule has 7 heteroatoms. The first kappa shape index (κ1) is 18.0. The topological polar surface area (TPSA) is 90.1 Å². The molecular formula is C12H24N4O2Si. The van der Waals surface area contributed by atoms with Crippen molar-refractivity contribution < 1.29 is 8.85 Å². The molecule has 2 N–H and O–H groups in total. The summed E-state index contributed by atoms with van der Waals surface area (Å²) in [5.74, 6) is 0. The third kappa shape index (κ3) is 13.3. The molecular weight excluding hydrogens is 260 g/mol. The van der Waals surface area contributed by atoms with E-state index >= 15 is 0 Å². The summed E-state index contributed by atoms with van der Waals surface area (Å²) in [4.78, 5) is 0. The molecule has 0 unspecified atom stereocenters. The van der Waals surface area contributed by atoms with Gasteiger partial charge >= 0.3 is 8.56 Å². The van der Waals surface area contributed by atoms with Gasteiger partial charge in [-0.05, 0) is 13.1 Å². The van der Waals surface area contributed by atoms with Gasteiger partial charge in [0, 0.05) is 52.2 Å². The largest absolute Gasteiger partial charge is 0.393 e. The second-order valence-corrected chi connectivity index (χ2v) is 7.79. The van der Waals surface area contributed by atoms with E-state index in [4.69, 9.17) is 19.4 Å². The van der Waals surface area contributed by atoms with Crippen LogP contribution in [0.2, 0.25) is 13.1 Å². The number of nitriles is 2. The van der Waals surface area contributed by atoms with Crippen LogP contribution in [0.3, 0.4) is 0 Å². The van der Waals surface area contributed by atoms with Gasteiger partial charge in [-0.1, -0.05) is 0 Å². The highest BCUT2D eigenvalue weighted by Crippen LogP contribution is 2.05. The highest BCUT2D eigenvalue weighted by atomic mass is 28.4. The minimum Gasteiger partial charge on any atom is -0.393 e. The fraction of sp³-hybridized carbons (Fsp3) is 0.833. The number of nitrogens with zero attached hydrogens (tertiary/aromatic N) is 2. The van der Waals surface area contributed by atoms with Crippen molar-refractivity contribution in [1.82, 2.24) is 10.6 Å². The highest BCUT2D eigenvalue weighted by molar-refractivity contribution is 6.64. The Balaban J connectivity index is 3.42. The van der Waals surface area contributed by atoms with E-state index in [0.717, 1.165) is 13.1 Å². The number of hydrogen-bond acceptors (Lipinski definition) is 6. The Kier molecular flexibility index (Phi) is 11.5. The highest BCUT2D eigenvalue weighted by Gasteiger charge is 2.23. The van der Waals surface area contributed by atoms with Gasteiger partial charge in [0.05, 0.1) is 12.1 Å². The molecule has 108 valence electrons. The van der Waals surface area contributed by atoms with E-state index in [1.54, 1.807) is 0 Å². The molecule has 19 heavy (non-hydrogen) atoms. The van der Waals surface area contributed by atoms with Gasteiger partial charge in [0.2, 0.25) is 0 Å². The van der Waals surface area contributed by atoms with Gasteiger partial charge in [0.1, 0.15) is 0 Å². The predicted octanol–water partition coefficient (Wildman–Crippen LogP) is 0.728. The summed E-state index contributed by atoms with van der Waals surface area (Å²) in [6.45, 7) is 8.11. The smallest absolute Gasteiger partial charge is 0.331 e. The fourth-order valence-corrected chi connectivity index (χ4v) is 2.59. The van der Waals surface area contributed by atoms with Crippen molar-refractivity contribution in [1.29, 1.82) is 10.5 Å². The van der Waals surface area contributed by atoms with Crippen molar-refractivity contribution in [3.05, 3.63) is 0 Å². The van der Waals surface area contributed by atoms with E-state index in [9.17, 15) is 0 Å². The number of hydrogen-bond donors (Lipinski definition) is 2. The second kappa shape index (κ2) is 12.1. The molecule has 0 aromatic carbocycles. The summed E-state index contributed by atoms with van der Waals surface area (Å²) >= 11 is 0. The first-order valence-corrected chi connectivity index (χ1v) is 9.37. The first-order chi connectivity index (χ1) is 9.12. The van der Waals surface area contributed by atoms with Gasteiger partial charge in [-0.25, -0.2) is 0 Å². The van der Waals surface area contributed by atoms with Crippen LogP contribution in [0.5, 0.6) is 0 Å². The predicted molar refractivity (Wildman–Crippen MR) is 75.6 cm³/mol. The zero-order chi connectivity index (χ0) is 14.4. The van der Waals surface area contributed by atoms with Crippen LogP contribution in [0.4, 0.5) is 0 Å². The van der Waals surface area contributed by atoms with E-state index < -0.39 is 8.56 Å². The number of rotatable bonds is 12. The van der Waals surface area contributed by atoms with Crippen molar-refractivity contribution in [2.24, 2.45) is 0 Å². The lowest BCUT2D eigenvalue weighted by atomic mass is 10.5. The van der Waals surface area contributed by atoms with Crippen molar-refractivity contribution in [3.63, 3.8) is 0 Å². The van der Waals surface area contributed by atoms with Crippen LogP contribution in [-0.2, 0) is 8.85 Å². The number of nitrogens with one attached hydrogen (secondary N) is 2. The molecule has 0 bridgehead atoms. The Bertz CT molecular complexity index is 271. The summed E-state index contributed by atoms with van der Waals surface area (Å²) < 4.78 is 11.5. The molecule has 0 heterocycles. The van der Waals surface area contributed by atoms with Gasteiger partial charge in [0.25, 0.3) is 0 Å². The lowest BCUT2D eigenvalue weighted by molar-refractivity contribution is 0.180. The van der Waals surface area contributed by atoms with Gasteiger partial charge < -0.3 is 19.5 Å². The van der Waals surface area contributed by atoms with E-state index in [1.807, 2.05) is 13.1 Å². The Morgan fingerprint density at radius 3 is 1.63 bits per heavy atom. The normalized spacial score (nSPS) is 10.9. The minimum absolute atomic E-state index is 0.520. The molecule has 0 aliphatic heterocycles. The first-order valence-electron chi connectivity index (χ1n) is 6.55. The molecule has 0 saturated heterocycles. The maximum atomic E-state index is 8.37. The quantitative estimate of drug-likeness (QED) is 0.405. The molecule has 0 amide bonds. The van der Waals surface area contributed by atoms with Crippen LogP contribution in [-0.4, -0.2) is 48.0 Å². The molecule has 0 aliphatic rings. The Labute approximate surface area is 116 Å². The van der Waals surface area contributed by atoms with Gasteiger partial charge in [-0.15, -0.1) is 0 Å². The van der Waals surface area contributed by atoms with E-state index in [1.165, 1.54) is 0 Å². The average molecular weight is 284 g/mol. The summed E-state index contributed by atoms with van der Waals surface area (Å²) in [6.07, 6.45) is 1.04. The third-order valence-electron chi connectivity index (χ3n) is 2.28. The van der Waals surface area contributed by atoms with Gasteiger partial charge in [0.15, 0.2) is 0 Å². The molecule has 0 spiro atoms. The van der Waals surface area contributed by atoms with Crippen LogP contribution in [0, 0.1) is 22.7 Å². The summed E-state index contributed by atoms with van der Waals surface area (Å²) in [7, 11) is -2.05.